The van der Waals surface area contributed by atoms with Crippen molar-refractivity contribution in [1.82, 2.24) is 10.3 Å². The Bertz CT molecular complexity index is 808. The van der Waals surface area contributed by atoms with Gasteiger partial charge in [0.25, 0.3) is 5.91 Å². The zero-order valence-corrected chi connectivity index (χ0v) is 15.2. The molecule has 1 amide bonds. The number of carbonyl (C=O) groups excluding carboxylic acids is 1. The molecule has 0 aliphatic carbocycles. The minimum atomic E-state index is -0.0982. The first-order chi connectivity index (χ1) is 11.6. The number of hydrogen-bond acceptors (Lipinski definition) is 5. The van der Waals surface area contributed by atoms with E-state index < -0.39 is 0 Å². The van der Waals surface area contributed by atoms with Crippen molar-refractivity contribution in [3.05, 3.63) is 57.2 Å². The molecule has 0 aliphatic heterocycles. The van der Waals surface area contributed by atoms with E-state index in [1.165, 1.54) is 16.9 Å². The van der Waals surface area contributed by atoms with Crippen molar-refractivity contribution in [3.8, 4) is 16.3 Å². The minimum absolute atomic E-state index is 0.0982. The van der Waals surface area contributed by atoms with Crippen LogP contribution < -0.4 is 10.1 Å². The Kier molecular flexibility index (Phi) is 5.27. The number of carbonyl (C=O) groups is 1. The predicted molar refractivity (Wildman–Crippen MR) is 99.2 cm³/mol. The number of aromatic nitrogens is 1. The van der Waals surface area contributed by atoms with Crippen LogP contribution in [0.2, 0.25) is 0 Å². The van der Waals surface area contributed by atoms with Gasteiger partial charge in [0.2, 0.25) is 0 Å². The number of amides is 1. The second kappa shape index (κ2) is 7.59. The first-order valence-electron chi connectivity index (χ1n) is 7.61. The van der Waals surface area contributed by atoms with Crippen molar-refractivity contribution in [2.45, 2.75) is 13.8 Å². The number of ether oxygens (including phenoxy) is 1. The Hall–Kier alpha value is -2.18. The molecule has 2 heterocycles. The Labute approximate surface area is 149 Å². The third-order valence-corrected chi connectivity index (χ3v) is 5.34. The number of rotatable bonds is 6. The van der Waals surface area contributed by atoms with Crippen LogP contribution in [0.1, 0.15) is 20.9 Å². The topological polar surface area (TPSA) is 51.2 Å². The molecule has 1 N–H and O–H groups in total. The molecule has 0 saturated carbocycles. The molecule has 0 bridgehead atoms. The predicted octanol–water partition coefficient (Wildman–Crippen LogP) is 4.30. The molecule has 0 spiro atoms. The monoisotopic (exact) mass is 358 g/mol. The lowest BCUT2D eigenvalue weighted by atomic mass is 10.2. The normalized spacial score (nSPS) is 10.6. The summed E-state index contributed by atoms with van der Waals surface area (Å²) in [6.45, 7) is 4.79. The van der Waals surface area contributed by atoms with Gasteiger partial charge in [-0.1, -0.05) is 17.7 Å². The van der Waals surface area contributed by atoms with E-state index in [9.17, 15) is 4.79 Å². The lowest BCUT2D eigenvalue weighted by Crippen LogP contribution is -2.27. The summed E-state index contributed by atoms with van der Waals surface area (Å²) in [4.78, 5) is 17.5. The average molecular weight is 358 g/mol. The summed E-state index contributed by atoms with van der Waals surface area (Å²) in [6, 6.07) is 9.87. The maximum absolute atomic E-state index is 12.3. The average Bonchev–Trinajstić information content (AvgIpc) is 3.22. The number of nitrogens with zero attached hydrogens (tertiary/aromatic N) is 1. The van der Waals surface area contributed by atoms with E-state index in [4.69, 9.17) is 4.74 Å². The van der Waals surface area contributed by atoms with Crippen molar-refractivity contribution < 1.29 is 9.53 Å². The first-order valence-corrected chi connectivity index (χ1v) is 9.37. The quantitative estimate of drug-likeness (QED) is 0.669. The lowest BCUT2D eigenvalue weighted by molar-refractivity contribution is 0.0950. The molecule has 2 aromatic heterocycles. The standard InChI is InChI=1S/C18H18N2O2S2/c1-12-3-5-15(6-4-12)22-9-8-19-17(21)16-13(2)20-18(24-16)14-7-10-23-11-14/h3-7,10-11H,8-9H2,1-2H3,(H,19,21). The van der Waals surface area contributed by atoms with Gasteiger partial charge in [0.15, 0.2) is 0 Å². The fourth-order valence-corrected chi connectivity index (χ4v) is 3.86. The number of hydrogen-bond donors (Lipinski definition) is 1. The van der Waals surface area contributed by atoms with Crippen LogP contribution in [-0.4, -0.2) is 24.0 Å². The second-order valence-electron chi connectivity index (χ2n) is 5.36. The van der Waals surface area contributed by atoms with Crippen LogP contribution in [0, 0.1) is 13.8 Å². The van der Waals surface area contributed by atoms with Gasteiger partial charge in [-0.25, -0.2) is 4.98 Å². The number of thiazole rings is 1. The van der Waals surface area contributed by atoms with E-state index in [1.807, 2.05) is 54.9 Å². The van der Waals surface area contributed by atoms with E-state index >= 15 is 0 Å². The van der Waals surface area contributed by atoms with Crippen LogP contribution in [0.15, 0.2) is 41.1 Å². The van der Waals surface area contributed by atoms with Gasteiger partial charge in [-0.3, -0.25) is 4.79 Å². The van der Waals surface area contributed by atoms with Gasteiger partial charge in [-0.05, 0) is 37.4 Å². The molecule has 0 radical (unpaired) electrons. The Morgan fingerprint density at radius 3 is 2.71 bits per heavy atom. The second-order valence-corrected chi connectivity index (χ2v) is 7.14. The highest BCUT2D eigenvalue weighted by Crippen LogP contribution is 2.29. The third-order valence-electron chi connectivity index (χ3n) is 3.45. The van der Waals surface area contributed by atoms with Gasteiger partial charge in [-0.2, -0.15) is 11.3 Å². The summed E-state index contributed by atoms with van der Waals surface area (Å²) < 4.78 is 5.62. The van der Waals surface area contributed by atoms with E-state index in [1.54, 1.807) is 11.3 Å². The zero-order valence-electron chi connectivity index (χ0n) is 13.5. The Morgan fingerprint density at radius 1 is 1.21 bits per heavy atom. The van der Waals surface area contributed by atoms with Gasteiger partial charge >= 0.3 is 0 Å². The smallest absolute Gasteiger partial charge is 0.263 e. The van der Waals surface area contributed by atoms with E-state index in [0.29, 0.717) is 18.0 Å². The van der Waals surface area contributed by atoms with Gasteiger partial charge in [0.1, 0.15) is 22.2 Å². The van der Waals surface area contributed by atoms with Crippen LogP contribution in [0.5, 0.6) is 5.75 Å². The summed E-state index contributed by atoms with van der Waals surface area (Å²) in [5.74, 6) is 0.711. The molecule has 6 heteroatoms. The van der Waals surface area contributed by atoms with Gasteiger partial charge in [0.05, 0.1) is 12.2 Å². The zero-order chi connectivity index (χ0) is 16.9. The van der Waals surface area contributed by atoms with Crippen molar-refractivity contribution in [3.63, 3.8) is 0 Å². The van der Waals surface area contributed by atoms with Crippen LogP contribution in [-0.2, 0) is 0 Å². The largest absolute Gasteiger partial charge is 0.492 e. The Morgan fingerprint density at radius 2 is 2.00 bits per heavy atom. The van der Waals surface area contributed by atoms with Crippen molar-refractivity contribution in [1.29, 1.82) is 0 Å². The van der Waals surface area contributed by atoms with Gasteiger partial charge in [0, 0.05) is 10.9 Å². The van der Waals surface area contributed by atoms with Crippen LogP contribution >= 0.6 is 22.7 Å². The van der Waals surface area contributed by atoms with Gasteiger partial charge in [-0.15, -0.1) is 11.3 Å². The van der Waals surface area contributed by atoms with Gasteiger partial charge < -0.3 is 10.1 Å². The SMILES string of the molecule is Cc1ccc(OCCNC(=O)c2sc(-c3ccsc3)nc2C)cc1. The maximum atomic E-state index is 12.3. The minimum Gasteiger partial charge on any atom is -0.492 e. The van der Waals surface area contributed by atoms with E-state index in [0.717, 1.165) is 22.0 Å². The molecule has 4 nitrogen and oxygen atoms in total. The molecule has 0 unspecified atom stereocenters. The number of aryl methyl sites for hydroxylation is 2. The fraction of sp³-hybridized carbons (Fsp3) is 0.222. The number of thiophene rings is 1. The maximum Gasteiger partial charge on any atom is 0.263 e. The molecule has 0 fully saturated rings. The number of benzene rings is 1. The summed E-state index contributed by atoms with van der Waals surface area (Å²) >= 11 is 3.05. The van der Waals surface area contributed by atoms with Crippen LogP contribution in [0.3, 0.4) is 0 Å². The van der Waals surface area contributed by atoms with E-state index in [-0.39, 0.29) is 5.91 Å². The van der Waals surface area contributed by atoms with Crippen LogP contribution in [0.25, 0.3) is 10.6 Å². The highest BCUT2D eigenvalue weighted by molar-refractivity contribution is 7.17. The lowest BCUT2D eigenvalue weighted by Gasteiger charge is -2.07. The number of nitrogens with one attached hydrogen (secondary N) is 1. The van der Waals surface area contributed by atoms with Crippen molar-refractivity contribution >= 4 is 28.6 Å². The molecule has 124 valence electrons. The molecule has 0 saturated heterocycles. The molecular formula is C18H18N2O2S2. The van der Waals surface area contributed by atoms with Crippen molar-refractivity contribution in [2.75, 3.05) is 13.2 Å². The molecule has 3 aromatic rings. The highest BCUT2D eigenvalue weighted by atomic mass is 32.1. The molecule has 1 aromatic carbocycles. The molecule has 0 aliphatic rings. The Balaban J connectivity index is 1.53. The summed E-state index contributed by atoms with van der Waals surface area (Å²) in [5, 5.41) is 7.82. The third kappa shape index (κ3) is 4.01. The molecule has 0 atom stereocenters. The molecule has 24 heavy (non-hydrogen) atoms. The van der Waals surface area contributed by atoms with E-state index in [2.05, 4.69) is 10.3 Å². The van der Waals surface area contributed by atoms with Crippen LogP contribution in [0.4, 0.5) is 0 Å². The summed E-state index contributed by atoms with van der Waals surface area (Å²) in [5.41, 5.74) is 3.02. The fourth-order valence-electron chi connectivity index (χ4n) is 2.16. The summed E-state index contributed by atoms with van der Waals surface area (Å²) in [6.07, 6.45) is 0. The summed E-state index contributed by atoms with van der Waals surface area (Å²) in [7, 11) is 0. The van der Waals surface area contributed by atoms with Crippen molar-refractivity contribution in [2.24, 2.45) is 0 Å². The molecular weight excluding hydrogens is 340 g/mol. The molecule has 3 rings (SSSR count). The first kappa shape index (κ1) is 16.7. The highest BCUT2D eigenvalue weighted by Gasteiger charge is 2.16.